The van der Waals surface area contributed by atoms with E-state index in [-0.39, 0.29) is 23.7 Å². The summed E-state index contributed by atoms with van der Waals surface area (Å²) in [6.45, 7) is 3.97. The molecule has 2 aromatic rings. The predicted octanol–water partition coefficient (Wildman–Crippen LogP) is 3.88. The van der Waals surface area contributed by atoms with Crippen molar-refractivity contribution in [3.05, 3.63) is 78.1 Å². The van der Waals surface area contributed by atoms with Crippen LogP contribution in [0.3, 0.4) is 0 Å². The summed E-state index contributed by atoms with van der Waals surface area (Å²) >= 11 is 1.27. The van der Waals surface area contributed by atoms with Crippen molar-refractivity contribution in [1.82, 2.24) is 4.90 Å². The van der Waals surface area contributed by atoms with Crippen molar-refractivity contribution in [3.8, 4) is 0 Å². The molecule has 1 fully saturated rings. The second kappa shape index (κ2) is 8.18. The molecular formula is C20H17FN2O3S. The number of amidine groups is 1. The van der Waals surface area contributed by atoms with E-state index in [1.165, 1.54) is 34.9 Å². The monoisotopic (exact) mass is 384 g/mol. The zero-order valence-corrected chi connectivity index (χ0v) is 15.2. The van der Waals surface area contributed by atoms with Gasteiger partial charge in [0, 0.05) is 6.54 Å². The molecule has 1 saturated heterocycles. The van der Waals surface area contributed by atoms with E-state index < -0.39 is 11.2 Å². The van der Waals surface area contributed by atoms with Crippen molar-refractivity contribution < 1.29 is 19.1 Å². The second-order valence-corrected chi connectivity index (χ2v) is 7.06. The van der Waals surface area contributed by atoms with Gasteiger partial charge in [-0.15, -0.1) is 6.58 Å². The average Bonchev–Trinajstić information content (AvgIpc) is 2.93. The molecule has 0 saturated carbocycles. The summed E-state index contributed by atoms with van der Waals surface area (Å²) in [6, 6.07) is 12.5. The minimum Gasteiger partial charge on any atom is -0.478 e. The van der Waals surface area contributed by atoms with Crippen molar-refractivity contribution in [1.29, 1.82) is 0 Å². The lowest BCUT2D eigenvalue weighted by molar-refractivity contribution is -0.125. The Morgan fingerprint density at radius 1 is 1.26 bits per heavy atom. The molecule has 7 heteroatoms. The number of rotatable bonds is 6. The lowest BCUT2D eigenvalue weighted by atomic mass is 10.1. The van der Waals surface area contributed by atoms with Crippen LogP contribution in [0.15, 0.2) is 66.2 Å². The molecule has 3 rings (SSSR count). The average molecular weight is 384 g/mol. The number of halogens is 1. The zero-order chi connectivity index (χ0) is 19.4. The van der Waals surface area contributed by atoms with E-state index in [0.717, 1.165) is 0 Å². The van der Waals surface area contributed by atoms with Crippen LogP contribution < -0.4 is 0 Å². The summed E-state index contributed by atoms with van der Waals surface area (Å²) in [6.07, 6.45) is 1.87. The number of nitrogens with zero attached hydrogens (tertiary/aromatic N) is 2. The van der Waals surface area contributed by atoms with E-state index in [9.17, 15) is 14.0 Å². The number of aromatic carboxylic acids is 1. The Morgan fingerprint density at radius 2 is 1.96 bits per heavy atom. The van der Waals surface area contributed by atoms with E-state index in [4.69, 9.17) is 5.11 Å². The normalized spacial score (nSPS) is 18.1. The van der Waals surface area contributed by atoms with Crippen LogP contribution in [0, 0.1) is 5.82 Å². The molecule has 1 heterocycles. The molecule has 138 valence electrons. The molecule has 1 N–H and O–H groups in total. The van der Waals surface area contributed by atoms with Gasteiger partial charge >= 0.3 is 5.97 Å². The van der Waals surface area contributed by atoms with Crippen LogP contribution in [0.1, 0.15) is 15.9 Å². The van der Waals surface area contributed by atoms with Crippen molar-refractivity contribution in [2.75, 3.05) is 6.54 Å². The van der Waals surface area contributed by atoms with Gasteiger partial charge in [-0.25, -0.2) is 14.2 Å². The van der Waals surface area contributed by atoms with Crippen LogP contribution in [-0.4, -0.2) is 38.8 Å². The van der Waals surface area contributed by atoms with Crippen molar-refractivity contribution in [2.45, 2.75) is 11.7 Å². The van der Waals surface area contributed by atoms with Gasteiger partial charge in [-0.05, 0) is 42.3 Å². The minimum absolute atomic E-state index is 0.149. The standard InChI is InChI=1S/C20H17FN2O3S/c1-2-11-23-18(24)17(12-14-5-3-4-6-16(14)21)27-20(23)22-15-9-7-13(8-10-15)19(25)26/h2-10,17H,1,11-12H2,(H,25,26). The van der Waals surface area contributed by atoms with Crippen LogP contribution in [-0.2, 0) is 11.2 Å². The maximum Gasteiger partial charge on any atom is 0.335 e. The highest BCUT2D eigenvalue weighted by Crippen LogP contribution is 2.32. The van der Waals surface area contributed by atoms with Gasteiger partial charge in [0.05, 0.1) is 16.5 Å². The maximum atomic E-state index is 13.9. The van der Waals surface area contributed by atoms with Crippen LogP contribution in [0.5, 0.6) is 0 Å². The zero-order valence-electron chi connectivity index (χ0n) is 14.3. The van der Waals surface area contributed by atoms with Crippen molar-refractivity contribution in [3.63, 3.8) is 0 Å². The van der Waals surface area contributed by atoms with Crippen LogP contribution >= 0.6 is 11.8 Å². The number of aliphatic imine (C=N–C) groups is 1. The SMILES string of the molecule is C=CCN1C(=O)C(Cc2ccccc2F)SC1=Nc1ccc(C(=O)O)cc1. The Balaban J connectivity index is 1.85. The summed E-state index contributed by atoms with van der Waals surface area (Å²) in [5.41, 5.74) is 1.18. The summed E-state index contributed by atoms with van der Waals surface area (Å²) in [5.74, 6) is -1.50. The topological polar surface area (TPSA) is 70.0 Å². The van der Waals surface area contributed by atoms with Gasteiger partial charge in [0.1, 0.15) is 5.82 Å². The number of carboxylic acids is 1. The molecular weight excluding hydrogens is 367 g/mol. The molecule has 1 unspecified atom stereocenters. The number of carbonyl (C=O) groups excluding carboxylic acids is 1. The Bertz CT molecular complexity index is 912. The van der Waals surface area contributed by atoms with Crippen molar-refractivity contribution >= 4 is 34.5 Å². The second-order valence-electron chi connectivity index (χ2n) is 5.89. The smallest absolute Gasteiger partial charge is 0.335 e. The molecule has 5 nitrogen and oxygen atoms in total. The van der Waals surface area contributed by atoms with Crippen LogP contribution in [0.4, 0.5) is 10.1 Å². The number of benzene rings is 2. The third-order valence-electron chi connectivity index (χ3n) is 4.03. The Kier molecular flexibility index (Phi) is 5.71. The Hall–Kier alpha value is -2.93. The fourth-order valence-corrected chi connectivity index (χ4v) is 3.87. The lowest BCUT2D eigenvalue weighted by Crippen LogP contribution is -2.32. The largest absolute Gasteiger partial charge is 0.478 e. The predicted molar refractivity (Wildman–Crippen MR) is 104 cm³/mol. The molecule has 2 aromatic carbocycles. The van der Waals surface area contributed by atoms with Crippen LogP contribution in [0.2, 0.25) is 0 Å². The minimum atomic E-state index is -1.02. The third kappa shape index (κ3) is 4.25. The van der Waals surface area contributed by atoms with E-state index in [2.05, 4.69) is 11.6 Å². The fourth-order valence-electron chi connectivity index (χ4n) is 2.67. The number of thioether (sulfide) groups is 1. The van der Waals surface area contributed by atoms with Gasteiger partial charge in [0.15, 0.2) is 5.17 Å². The molecule has 1 amide bonds. The van der Waals surface area contributed by atoms with Gasteiger partial charge in [0.2, 0.25) is 5.91 Å². The summed E-state index contributed by atoms with van der Waals surface area (Å²) in [4.78, 5) is 29.7. The summed E-state index contributed by atoms with van der Waals surface area (Å²) < 4.78 is 13.9. The number of carbonyl (C=O) groups is 2. The first-order valence-corrected chi connectivity index (χ1v) is 9.12. The quantitative estimate of drug-likeness (QED) is 0.768. The molecule has 0 aliphatic carbocycles. The van der Waals surface area contributed by atoms with Gasteiger partial charge < -0.3 is 5.11 Å². The summed E-state index contributed by atoms with van der Waals surface area (Å²) in [5, 5.41) is 8.99. The van der Waals surface area contributed by atoms with E-state index in [0.29, 0.717) is 23.0 Å². The molecule has 0 spiro atoms. The van der Waals surface area contributed by atoms with Gasteiger partial charge in [-0.2, -0.15) is 0 Å². The highest BCUT2D eigenvalue weighted by molar-refractivity contribution is 8.15. The van der Waals surface area contributed by atoms with E-state index in [1.54, 1.807) is 36.4 Å². The van der Waals surface area contributed by atoms with Gasteiger partial charge in [0.25, 0.3) is 0 Å². The van der Waals surface area contributed by atoms with Gasteiger partial charge in [-0.3, -0.25) is 9.69 Å². The Morgan fingerprint density at radius 3 is 2.59 bits per heavy atom. The molecule has 0 bridgehead atoms. The highest BCUT2D eigenvalue weighted by atomic mass is 32.2. The number of hydrogen-bond acceptors (Lipinski definition) is 4. The first-order chi connectivity index (χ1) is 13.0. The molecule has 27 heavy (non-hydrogen) atoms. The summed E-state index contributed by atoms with van der Waals surface area (Å²) in [7, 11) is 0. The number of amides is 1. The number of hydrogen-bond donors (Lipinski definition) is 1. The van der Waals surface area contributed by atoms with Crippen LogP contribution in [0.25, 0.3) is 0 Å². The Labute approximate surface area is 160 Å². The first kappa shape index (κ1) is 18.8. The molecule has 0 radical (unpaired) electrons. The number of carboxylic acid groups (broad SMARTS) is 1. The molecule has 1 atom stereocenters. The maximum absolute atomic E-state index is 13.9. The highest BCUT2D eigenvalue weighted by Gasteiger charge is 2.37. The first-order valence-electron chi connectivity index (χ1n) is 8.24. The molecule has 1 aliphatic rings. The fraction of sp³-hybridized carbons (Fsp3) is 0.150. The van der Waals surface area contributed by atoms with E-state index in [1.807, 2.05) is 0 Å². The third-order valence-corrected chi connectivity index (χ3v) is 5.21. The molecule has 1 aliphatic heterocycles. The van der Waals surface area contributed by atoms with E-state index >= 15 is 0 Å². The lowest BCUT2D eigenvalue weighted by Gasteiger charge is -2.14. The van der Waals surface area contributed by atoms with Gasteiger partial charge in [-0.1, -0.05) is 36.0 Å². The van der Waals surface area contributed by atoms with Crippen molar-refractivity contribution in [2.24, 2.45) is 4.99 Å². The molecule has 0 aromatic heterocycles.